The Balaban J connectivity index is 2.67. The monoisotopic (exact) mass is 274 g/mol. The van der Waals surface area contributed by atoms with E-state index < -0.39 is 0 Å². The molecule has 112 valence electrons. The summed E-state index contributed by atoms with van der Waals surface area (Å²) in [7, 11) is 4.20. The average molecular weight is 274 g/mol. The first kappa shape index (κ1) is 16.8. The Bertz CT molecular complexity index is 423. The van der Waals surface area contributed by atoms with E-state index >= 15 is 0 Å². The van der Waals surface area contributed by atoms with E-state index in [4.69, 9.17) is 0 Å². The molecule has 2 nitrogen and oxygen atoms in total. The molecule has 0 radical (unpaired) electrons. The Hall–Kier alpha value is -1.28. The van der Waals surface area contributed by atoms with Gasteiger partial charge in [0.2, 0.25) is 0 Å². The zero-order valence-corrected chi connectivity index (χ0v) is 13.6. The van der Waals surface area contributed by atoms with Gasteiger partial charge in [-0.05, 0) is 57.5 Å². The number of aryl methyl sites for hydroxylation is 1. The minimum atomic E-state index is 1.01. The van der Waals surface area contributed by atoms with Gasteiger partial charge in [-0.2, -0.15) is 0 Å². The first-order valence-corrected chi connectivity index (χ1v) is 7.74. The maximum absolute atomic E-state index is 4.21. The third-order valence-electron chi connectivity index (χ3n) is 3.79. The lowest BCUT2D eigenvalue weighted by Gasteiger charge is -2.23. The molecule has 0 aromatic heterocycles. The molecular weight excluding hydrogens is 244 g/mol. The second-order valence-electron chi connectivity index (χ2n) is 5.56. The second-order valence-corrected chi connectivity index (χ2v) is 5.56. The fraction of sp³-hybridized carbons (Fsp3) is 0.556. The molecule has 1 rings (SSSR count). The molecule has 0 unspecified atom stereocenters. The molecule has 0 saturated heterocycles. The van der Waals surface area contributed by atoms with Crippen molar-refractivity contribution in [3.8, 4) is 0 Å². The fourth-order valence-corrected chi connectivity index (χ4v) is 2.40. The lowest BCUT2D eigenvalue weighted by Crippen LogP contribution is -2.20. The molecule has 0 heterocycles. The van der Waals surface area contributed by atoms with Crippen molar-refractivity contribution in [3.63, 3.8) is 0 Å². The number of benzene rings is 1. The van der Waals surface area contributed by atoms with Gasteiger partial charge < -0.3 is 10.2 Å². The van der Waals surface area contributed by atoms with Crippen LogP contribution < -0.4 is 10.2 Å². The number of hydrogen-bond acceptors (Lipinski definition) is 2. The summed E-state index contributed by atoms with van der Waals surface area (Å²) in [4.78, 5) is 2.37. The molecule has 2 heteroatoms. The highest BCUT2D eigenvalue weighted by molar-refractivity contribution is 5.76. The van der Waals surface area contributed by atoms with Crippen LogP contribution in [0.25, 0.3) is 5.57 Å². The van der Waals surface area contributed by atoms with Crippen molar-refractivity contribution in [1.82, 2.24) is 5.32 Å². The zero-order chi connectivity index (χ0) is 15.0. The molecule has 1 N–H and O–H groups in total. The molecule has 0 atom stereocenters. The molecule has 0 aliphatic heterocycles. The molecule has 1 aromatic rings. The Kier molecular flexibility index (Phi) is 7.38. The number of nitrogens with one attached hydrogen (secondary N) is 1. The third kappa shape index (κ3) is 5.01. The molecule has 0 saturated carbocycles. The third-order valence-corrected chi connectivity index (χ3v) is 3.79. The van der Waals surface area contributed by atoms with E-state index in [2.05, 4.69) is 55.9 Å². The normalized spacial score (nSPS) is 10.6. The van der Waals surface area contributed by atoms with Gasteiger partial charge in [0.05, 0.1) is 0 Å². The van der Waals surface area contributed by atoms with Crippen LogP contribution in [0, 0.1) is 6.92 Å². The highest BCUT2D eigenvalue weighted by atomic mass is 15.1. The largest absolute Gasteiger partial charge is 0.374 e. The summed E-state index contributed by atoms with van der Waals surface area (Å²) in [6, 6.07) is 6.69. The Labute approximate surface area is 124 Å². The first-order valence-electron chi connectivity index (χ1n) is 7.74. The fourth-order valence-electron chi connectivity index (χ4n) is 2.40. The zero-order valence-electron chi connectivity index (χ0n) is 13.6. The Morgan fingerprint density at radius 1 is 1.25 bits per heavy atom. The molecule has 0 aliphatic carbocycles. The van der Waals surface area contributed by atoms with Crippen molar-refractivity contribution in [2.24, 2.45) is 0 Å². The van der Waals surface area contributed by atoms with E-state index in [1.165, 1.54) is 41.6 Å². The lowest BCUT2D eigenvalue weighted by atomic mass is 10.00. The summed E-state index contributed by atoms with van der Waals surface area (Å²) in [5.41, 5.74) is 5.16. The van der Waals surface area contributed by atoms with Gasteiger partial charge in [0.1, 0.15) is 0 Å². The van der Waals surface area contributed by atoms with Crippen molar-refractivity contribution in [2.75, 3.05) is 32.1 Å². The van der Waals surface area contributed by atoms with Gasteiger partial charge in [-0.1, -0.05) is 31.6 Å². The van der Waals surface area contributed by atoms with Crippen molar-refractivity contribution in [3.05, 3.63) is 35.9 Å². The highest BCUT2D eigenvalue weighted by Gasteiger charge is 2.09. The van der Waals surface area contributed by atoms with Crippen molar-refractivity contribution in [1.29, 1.82) is 0 Å². The quantitative estimate of drug-likeness (QED) is 0.677. The van der Waals surface area contributed by atoms with Crippen molar-refractivity contribution in [2.45, 2.75) is 39.5 Å². The first-order chi connectivity index (χ1) is 9.60. The summed E-state index contributed by atoms with van der Waals surface area (Å²) >= 11 is 0. The SMILES string of the molecule is C=C(CC)c1cc(C)ccc1N(C)CCCCCNC. The minimum Gasteiger partial charge on any atom is -0.374 e. The number of rotatable bonds is 9. The molecule has 0 bridgehead atoms. The van der Waals surface area contributed by atoms with Crippen LogP contribution in [0.4, 0.5) is 5.69 Å². The van der Waals surface area contributed by atoms with Crippen LogP contribution in [-0.4, -0.2) is 27.2 Å². The van der Waals surface area contributed by atoms with Crippen LogP contribution in [0.2, 0.25) is 0 Å². The minimum absolute atomic E-state index is 1.01. The van der Waals surface area contributed by atoms with Gasteiger partial charge in [0.15, 0.2) is 0 Å². The maximum Gasteiger partial charge on any atom is 0.0439 e. The summed E-state index contributed by atoms with van der Waals surface area (Å²) in [6.45, 7) is 10.8. The second kappa shape index (κ2) is 8.80. The summed E-state index contributed by atoms with van der Waals surface area (Å²) in [5.74, 6) is 0. The van der Waals surface area contributed by atoms with E-state index in [1.54, 1.807) is 0 Å². The van der Waals surface area contributed by atoms with Crippen LogP contribution in [0.3, 0.4) is 0 Å². The number of hydrogen-bond donors (Lipinski definition) is 1. The van der Waals surface area contributed by atoms with Crippen molar-refractivity contribution < 1.29 is 0 Å². The summed E-state index contributed by atoms with van der Waals surface area (Å²) < 4.78 is 0. The molecular formula is C18H30N2. The lowest BCUT2D eigenvalue weighted by molar-refractivity contribution is 0.639. The van der Waals surface area contributed by atoms with Crippen molar-refractivity contribution >= 4 is 11.3 Å². The Morgan fingerprint density at radius 3 is 2.65 bits per heavy atom. The highest BCUT2D eigenvalue weighted by Crippen LogP contribution is 2.28. The van der Waals surface area contributed by atoms with Gasteiger partial charge in [0.25, 0.3) is 0 Å². The van der Waals surface area contributed by atoms with E-state index in [9.17, 15) is 0 Å². The van der Waals surface area contributed by atoms with Gasteiger partial charge in [-0.3, -0.25) is 0 Å². The van der Waals surface area contributed by atoms with Crippen LogP contribution in [0.5, 0.6) is 0 Å². The Morgan fingerprint density at radius 2 is 2.00 bits per heavy atom. The van der Waals surface area contributed by atoms with Crippen LogP contribution >= 0.6 is 0 Å². The standard InChI is InChI=1S/C18H30N2/c1-6-16(3)17-14-15(2)10-11-18(17)20(5)13-9-7-8-12-19-4/h10-11,14,19H,3,6-9,12-13H2,1-2,4-5H3. The number of nitrogens with zero attached hydrogens (tertiary/aromatic N) is 1. The number of anilines is 1. The van der Waals surface area contributed by atoms with Gasteiger partial charge in [-0.15, -0.1) is 0 Å². The molecule has 1 aromatic carbocycles. The van der Waals surface area contributed by atoms with E-state index in [1.807, 2.05) is 7.05 Å². The average Bonchev–Trinajstić information content (AvgIpc) is 2.45. The van der Waals surface area contributed by atoms with E-state index in [0.717, 1.165) is 19.5 Å². The van der Waals surface area contributed by atoms with Crippen LogP contribution in [-0.2, 0) is 0 Å². The maximum atomic E-state index is 4.21. The van der Waals surface area contributed by atoms with Gasteiger partial charge in [-0.25, -0.2) is 0 Å². The van der Waals surface area contributed by atoms with Crippen LogP contribution in [0.1, 0.15) is 43.7 Å². The molecule has 0 amide bonds. The van der Waals surface area contributed by atoms with E-state index in [0.29, 0.717) is 0 Å². The molecule has 0 fully saturated rings. The van der Waals surface area contributed by atoms with Gasteiger partial charge in [0, 0.05) is 24.8 Å². The van der Waals surface area contributed by atoms with Gasteiger partial charge >= 0.3 is 0 Å². The predicted molar refractivity (Wildman–Crippen MR) is 91.6 cm³/mol. The number of unbranched alkanes of at least 4 members (excludes halogenated alkanes) is 2. The molecule has 0 aliphatic rings. The molecule has 0 spiro atoms. The topological polar surface area (TPSA) is 15.3 Å². The van der Waals surface area contributed by atoms with Crippen LogP contribution in [0.15, 0.2) is 24.8 Å². The number of allylic oxidation sites excluding steroid dienone is 1. The predicted octanol–water partition coefficient (Wildman–Crippen LogP) is 4.24. The summed E-state index contributed by atoms with van der Waals surface area (Å²) in [6.07, 6.45) is 4.78. The smallest absolute Gasteiger partial charge is 0.0439 e. The van der Waals surface area contributed by atoms with E-state index in [-0.39, 0.29) is 0 Å². The molecule has 20 heavy (non-hydrogen) atoms. The summed E-state index contributed by atoms with van der Waals surface area (Å²) in [5, 5.41) is 3.20.